The molecule has 0 amide bonds. The second-order valence-corrected chi connectivity index (χ2v) is 9.74. The zero-order valence-electron chi connectivity index (χ0n) is 16.6. The number of benzene rings is 4. The molecule has 4 rings (SSSR count). The number of rotatable bonds is 5. The normalized spacial score (nSPS) is 10.9. The highest BCUT2D eigenvalue weighted by atomic mass is 35.5. The molecule has 0 radical (unpaired) electrons. The molecule has 3 heteroatoms. The fourth-order valence-corrected chi connectivity index (χ4v) is 6.25. The average molecular weight is 416 g/mol. The van der Waals surface area contributed by atoms with E-state index in [1.165, 1.54) is 32.7 Å². The number of hydrogen-bond acceptors (Lipinski definition) is 1. The first-order valence-electron chi connectivity index (χ1n) is 9.66. The Balaban J connectivity index is 1.89. The summed E-state index contributed by atoms with van der Waals surface area (Å²) in [6.07, 6.45) is 0. The molecule has 0 fully saturated rings. The van der Waals surface area contributed by atoms with Gasteiger partial charge in [0.2, 0.25) is 0 Å². The van der Waals surface area contributed by atoms with E-state index in [-0.39, 0.29) is 0 Å². The lowest BCUT2D eigenvalue weighted by atomic mass is 10.1. The lowest BCUT2D eigenvalue weighted by Gasteiger charge is -2.25. The summed E-state index contributed by atoms with van der Waals surface area (Å²) in [5.41, 5.74) is 4.74. The quantitative estimate of drug-likeness (QED) is 0.369. The number of hydrogen-bond donors (Lipinski definition) is 1. The van der Waals surface area contributed by atoms with E-state index >= 15 is 0 Å². The number of halogens is 1. The molecule has 1 N–H and O–H groups in total. The lowest BCUT2D eigenvalue weighted by Crippen LogP contribution is -2.23. The maximum absolute atomic E-state index is 6.08. The molecule has 0 saturated carbocycles. The molecule has 144 valence electrons. The van der Waals surface area contributed by atoms with Crippen molar-refractivity contribution in [2.24, 2.45) is 0 Å². The molecule has 4 aromatic rings. The maximum atomic E-state index is 6.08. The topological polar surface area (TPSA) is 12.0 Å². The van der Waals surface area contributed by atoms with Gasteiger partial charge in [-0.05, 0) is 68.3 Å². The van der Waals surface area contributed by atoms with Crippen LogP contribution in [-0.4, -0.2) is 0 Å². The number of anilines is 2. The Hall–Kier alpha value is -2.60. The van der Waals surface area contributed by atoms with Crippen LogP contribution in [0.4, 0.5) is 11.4 Å². The van der Waals surface area contributed by atoms with Crippen molar-refractivity contribution in [2.45, 2.75) is 13.8 Å². The molecule has 29 heavy (non-hydrogen) atoms. The van der Waals surface area contributed by atoms with E-state index in [0.29, 0.717) is 0 Å². The zero-order valence-corrected chi connectivity index (χ0v) is 18.2. The van der Waals surface area contributed by atoms with Gasteiger partial charge in [-0.1, -0.05) is 83.9 Å². The molecule has 0 saturated heterocycles. The molecule has 0 aliphatic heterocycles. The van der Waals surface area contributed by atoms with Gasteiger partial charge in [0.25, 0.3) is 0 Å². The summed E-state index contributed by atoms with van der Waals surface area (Å²) in [5, 5.41) is 8.44. The van der Waals surface area contributed by atoms with E-state index in [0.717, 1.165) is 10.7 Å². The molecular formula is C26H23ClNP. The van der Waals surface area contributed by atoms with Crippen LogP contribution in [0, 0.1) is 13.8 Å². The first-order chi connectivity index (χ1) is 14.1. The third kappa shape index (κ3) is 4.53. The summed E-state index contributed by atoms with van der Waals surface area (Å²) >= 11 is 6.08. The van der Waals surface area contributed by atoms with Gasteiger partial charge in [-0.25, -0.2) is 0 Å². The van der Waals surface area contributed by atoms with E-state index in [4.69, 9.17) is 11.6 Å². The standard InChI is InChI=1S/C26H23ClNP/c1-19-17-20(2)26(28-22-15-13-21(27)14-16-22)25(18-19)29(23-9-5-3-6-10-23)24-11-7-4-8-12-24/h3-18,28H,1-2H3. The smallest absolute Gasteiger partial charge is 0.0498 e. The highest BCUT2D eigenvalue weighted by Crippen LogP contribution is 2.38. The molecule has 0 heterocycles. The van der Waals surface area contributed by atoms with Crippen LogP contribution in [0.1, 0.15) is 11.1 Å². The van der Waals surface area contributed by atoms with E-state index in [1.807, 2.05) is 24.3 Å². The van der Waals surface area contributed by atoms with Gasteiger partial charge in [-0.3, -0.25) is 0 Å². The van der Waals surface area contributed by atoms with Gasteiger partial charge in [0.05, 0.1) is 0 Å². The fourth-order valence-electron chi connectivity index (χ4n) is 3.54. The van der Waals surface area contributed by atoms with E-state index in [9.17, 15) is 0 Å². The van der Waals surface area contributed by atoms with Crippen LogP contribution in [0.15, 0.2) is 97.1 Å². The van der Waals surface area contributed by atoms with Gasteiger partial charge >= 0.3 is 0 Å². The summed E-state index contributed by atoms with van der Waals surface area (Å²) in [6, 6.07) is 34.1. The van der Waals surface area contributed by atoms with Crippen LogP contribution in [0.3, 0.4) is 0 Å². The van der Waals surface area contributed by atoms with Crippen molar-refractivity contribution in [2.75, 3.05) is 5.32 Å². The van der Waals surface area contributed by atoms with Gasteiger partial charge in [0.1, 0.15) is 0 Å². The Morgan fingerprint density at radius 3 is 1.79 bits per heavy atom. The van der Waals surface area contributed by atoms with E-state index in [1.54, 1.807) is 0 Å². The summed E-state index contributed by atoms with van der Waals surface area (Å²) < 4.78 is 0. The van der Waals surface area contributed by atoms with Gasteiger partial charge in [-0.15, -0.1) is 0 Å². The van der Waals surface area contributed by atoms with Crippen molar-refractivity contribution in [3.8, 4) is 0 Å². The Bertz CT molecular complexity index is 1050. The Labute approximate surface area is 179 Å². The average Bonchev–Trinajstić information content (AvgIpc) is 2.74. The van der Waals surface area contributed by atoms with Gasteiger partial charge < -0.3 is 5.32 Å². The Morgan fingerprint density at radius 1 is 0.690 bits per heavy atom. The zero-order chi connectivity index (χ0) is 20.2. The Kier molecular flexibility index (Phi) is 6.00. The predicted octanol–water partition coefficient (Wildman–Crippen LogP) is 6.46. The maximum Gasteiger partial charge on any atom is 0.0498 e. The minimum atomic E-state index is -0.690. The van der Waals surface area contributed by atoms with Gasteiger partial charge in [-0.2, -0.15) is 0 Å². The van der Waals surface area contributed by atoms with Crippen LogP contribution in [0.25, 0.3) is 0 Å². The summed E-state index contributed by atoms with van der Waals surface area (Å²) in [4.78, 5) is 0. The SMILES string of the molecule is Cc1cc(C)c(Nc2ccc(Cl)cc2)c(P(c2ccccc2)c2ccccc2)c1. The second kappa shape index (κ2) is 8.82. The molecular weight excluding hydrogens is 393 g/mol. The largest absolute Gasteiger partial charge is 0.355 e. The molecule has 0 atom stereocenters. The predicted molar refractivity (Wildman–Crippen MR) is 129 cm³/mol. The number of aryl methyl sites for hydroxylation is 2. The van der Waals surface area contributed by atoms with Crippen LogP contribution < -0.4 is 21.2 Å². The van der Waals surface area contributed by atoms with Crippen LogP contribution in [0.2, 0.25) is 5.02 Å². The van der Waals surface area contributed by atoms with Crippen molar-refractivity contribution in [1.29, 1.82) is 0 Å². The first-order valence-corrected chi connectivity index (χ1v) is 11.4. The highest BCUT2D eigenvalue weighted by Gasteiger charge is 2.21. The van der Waals surface area contributed by atoms with E-state index < -0.39 is 7.92 Å². The molecule has 4 aromatic carbocycles. The lowest BCUT2D eigenvalue weighted by molar-refractivity contribution is 1.39. The second-order valence-electron chi connectivity index (χ2n) is 7.11. The summed E-state index contributed by atoms with van der Waals surface area (Å²) in [6.45, 7) is 4.35. The monoisotopic (exact) mass is 415 g/mol. The molecule has 0 unspecified atom stereocenters. The molecule has 1 nitrogen and oxygen atoms in total. The number of nitrogens with one attached hydrogen (secondary N) is 1. The first kappa shape index (κ1) is 19.7. The van der Waals surface area contributed by atoms with Crippen LogP contribution >= 0.6 is 19.5 Å². The van der Waals surface area contributed by atoms with E-state index in [2.05, 4.69) is 92.0 Å². The van der Waals surface area contributed by atoms with Gasteiger partial charge in [0.15, 0.2) is 0 Å². The fraction of sp³-hybridized carbons (Fsp3) is 0.0769. The molecule has 0 aliphatic carbocycles. The summed E-state index contributed by atoms with van der Waals surface area (Å²) in [7, 11) is -0.690. The van der Waals surface area contributed by atoms with Crippen molar-refractivity contribution >= 4 is 46.8 Å². The van der Waals surface area contributed by atoms with Gasteiger partial charge in [0, 0.05) is 21.7 Å². The van der Waals surface area contributed by atoms with Crippen LogP contribution in [0.5, 0.6) is 0 Å². The molecule has 0 aromatic heterocycles. The van der Waals surface area contributed by atoms with Crippen molar-refractivity contribution in [3.05, 3.63) is 113 Å². The minimum absolute atomic E-state index is 0.690. The third-order valence-corrected chi connectivity index (χ3v) is 7.56. The van der Waals surface area contributed by atoms with Crippen LogP contribution in [-0.2, 0) is 0 Å². The third-order valence-electron chi connectivity index (χ3n) is 4.84. The highest BCUT2D eigenvalue weighted by molar-refractivity contribution is 7.80. The van der Waals surface area contributed by atoms with Crippen molar-refractivity contribution < 1.29 is 0 Å². The van der Waals surface area contributed by atoms with Crippen molar-refractivity contribution in [1.82, 2.24) is 0 Å². The molecule has 0 bridgehead atoms. The summed E-state index contributed by atoms with van der Waals surface area (Å²) in [5.74, 6) is 0. The molecule has 0 aliphatic rings. The minimum Gasteiger partial charge on any atom is -0.355 e. The Morgan fingerprint density at radius 2 is 1.24 bits per heavy atom. The molecule has 0 spiro atoms. The van der Waals surface area contributed by atoms with Crippen molar-refractivity contribution in [3.63, 3.8) is 0 Å².